The molecule has 0 saturated heterocycles. The standard InChI is InChI=1S/C8H14O3/c1-11-8(10)6-4-2-3-5-7-9/h3,5,7-8,10H,2,4,6H2,1H3/b5-3+. The van der Waals surface area contributed by atoms with Crippen molar-refractivity contribution in [1.82, 2.24) is 0 Å². The molecular formula is C8H14O3. The van der Waals surface area contributed by atoms with Crippen molar-refractivity contribution in [3.63, 3.8) is 0 Å². The van der Waals surface area contributed by atoms with Crippen molar-refractivity contribution in [1.29, 1.82) is 0 Å². The molecule has 0 spiro atoms. The first-order chi connectivity index (χ1) is 5.31. The van der Waals surface area contributed by atoms with Gasteiger partial charge in [-0.05, 0) is 25.3 Å². The average molecular weight is 158 g/mol. The molecule has 0 aliphatic rings. The van der Waals surface area contributed by atoms with E-state index in [-0.39, 0.29) is 0 Å². The molecule has 0 aromatic rings. The molecule has 0 fully saturated rings. The van der Waals surface area contributed by atoms with Crippen molar-refractivity contribution in [2.75, 3.05) is 7.11 Å². The zero-order chi connectivity index (χ0) is 8.53. The second-order valence-corrected chi connectivity index (χ2v) is 2.19. The number of unbranched alkanes of at least 4 members (excludes halogenated alkanes) is 1. The predicted octanol–water partition coefficient (Wildman–Crippen LogP) is 0.877. The van der Waals surface area contributed by atoms with Crippen molar-refractivity contribution in [2.24, 2.45) is 0 Å². The van der Waals surface area contributed by atoms with E-state index in [1.165, 1.54) is 13.2 Å². The second-order valence-electron chi connectivity index (χ2n) is 2.19. The maximum atomic E-state index is 9.80. The van der Waals surface area contributed by atoms with Crippen LogP contribution in [0.25, 0.3) is 0 Å². The summed E-state index contributed by atoms with van der Waals surface area (Å²) in [6, 6.07) is 0. The van der Waals surface area contributed by atoms with Gasteiger partial charge in [0.25, 0.3) is 0 Å². The first kappa shape index (κ1) is 10.3. The zero-order valence-corrected chi connectivity index (χ0v) is 6.69. The fourth-order valence-electron chi connectivity index (χ4n) is 0.680. The SMILES string of the molecule is COC(O)CCC/C=C/C=O. The third-order valence-corrected chi connectivity index (χ3v) is 1.31. The molecule has 1 N–H and O–H groups in total. The van der Waals surface area contributed by atoms with Gasteiger partial charge in [0.1, 0.15) is 6.29 Å². The summed E-state index contributed by atoms with van der Waals surface area (Å²) in [5.74, 6) is 0. The summed E-state index contributed by atoms with van der Waals surface area (Å²) in [5.41, 5.74) is 0. The lowest BCUT2D eigenvalue weighted by molar-refractivity contribution is -0.104. The Labute approximate surface area is 66.7 Å². The summed E-state index contributed by atoms with van der Waals surface area (Å²) in [4.78, 5) is 9.80. The lowest BCUT2D eigenvalue weighted by Gasteiger charge is -2.05. The smallest absolute Gasteiger partial charge is 0.154 e. The monoisotopic (exact) mass is 158 g/mol. The third-order valence-electron chi connectivity index (χ3n) is 1.31. The molecule has 0 saturated carbocycles. The highest BCUT2D eigenvalue weighted by molar-refractivity contribution is 5.64. The van der Waals surface area contributed by atoms with Crippen LogP contribution in [0.15, 0.2) is 12.2 Å². The number of hydrogen-bond acceptors (Lipinski definition) is 3. The summed E-state index contributed by atoms with van der Waals surface area (Å²) in [7, 11) is 1.46. The van der Waals surface area contributed by atoms with Gasteiger partial charge in [0.05, 0.1) is 0 Å². The highest BCUT2D eigenvalue weighted by Crippen LogP contribution is 2.01. The molecule has 0 heterocycles. The van der Waals surface area contributed by atoms with E-state index in [0.717, 1.165) is 19.1 Å². The van der Waals surface area contributed by atoms with Gasteiger partial charge in [-0.2, -0.15) is 0 Å². The first-order valence-electron chi connectivity index (χ1n) is 3.62. The molecule has 3 heteroatoms. The Kier molecular flexibility index (Phi) is 6.98. The number of ether oxygens (including phenoxy) is 1. The summed E-state index contributed by atoms with van der Waals surface area (Å²) in [5, 5.41) is 8.90. The van der Waals surface area contributed by atoms with E-state index < -0.39 is 6.29 Å². The van der Waals surface area contributed by atoms with Gasteiger partial charge in [0.15, 0.2) is 6.29 Å². The fourth-order valence-corrected chi connectivity index (χ4v) is 0.680. The molecule has 0 bridgehead atoms. The van der Waals surface area contributed by atoms with E-state index in [0.29, 0.717) is 6.42 Å². The predicted molar refractivity (Wildman–Crippen MR) is 42.1 cm³/mol. The van der Waals surface area contributed by atoms with E-state index in [4.69, 9.17) is 5.11 Å². The second kappa shape index (κ2) is 7.44. The molecule has 11 heavy (non-hydrogen) atoms. The molecule has 0 rings (SSSR count). The number of allylic oxidation sites excluding steroid dienone is 2. The van der Waals surface area contributed by atoms with Crippen LogP contribution in [-0.2, 0) is 9.53 Å². The van der Waals surface area contributed by atoms with E-state index >= 15 is 0 Å². The minimum Gasteiger partial charge on any atom is -0.368 e. The molecule has 0 aliphatic carbocycles. The van der Waals surface area contributed by atoms with Crippen molar-refractivity contribution in [2.45, 2.75) is 25.6 Å². The van der Waals surface area contributed by atoms with Gasteiger partial charge in [-0.3, -0.25) is 4.79 Å². The number of aliphatic hydroxyl groups excluding tert-OH is 1. The van der Waals surface area contributed by atoms with Gasteiger partial charge in [0, 0.05) is 7.11 Å². The van der Waals surface area contributed by atoms with Gasteiger partial charge in [-0.1, -0.05) is 6.08 Å². The van der Waals surface area contributed by atoms with Gasteiger partial charge >= 0.3 is 0 Å². The Morgan fingerprint density at radius 1 is 1.64 bits per heavy atom. The molecule has 0 aromatic carbocycles. The highest BCUT2D eigenvalue weighted by atomic mass is 16.6. The van der Waals surface area contributed by atoms with Crippen molar-refractivity contribution < 1.29 is 14.6 Å². The summed E-state index contributed by atoms with van der Waals surface area (Å²) >= 11 is 0. The van der Waals surface area contributed by atoms with Crippen LogP contribution in [0, 0.1) is 0 Å². The van der Waals surface area contributed by atoms with E-state index in [9.17, 15) is 4.79 Å². The average Bonchev–Trinajstić information content (AvgIpc) is 2.04. The molecule has 1 atom stereocenters. The first-order valence-corrected chi connectivity index (χ1v) is 3.62. The summed E-state index contributed by atoms with van der Waals surface area (Å²) < 4.78 is 4.62. The van der Waals surface area contributed by atoms with Crippen molar-refractivity contribution in [3.05, 3.63) is 12.2 Å². The van der Waals surface area contributed by atoms with Crippen LogP contribution in [0.4, 0.5) is 0 Å². The number of rotatable bonds is 6. The zero-order valence-electron chi connectivity index (χ0n) is 6.69. The Hall–Kier alpha value is -0.670. The van der Waals surface area contributed by atoms with E-state index in [1.807, 2.05) is 0 Å². The van der Waals surface area contributed by atoms with Gasteiger partial charge in [-0.25, -0.2) is 0 Å². The van der Waals surface area contributed by atoms with Crippen molar-refractivity contribution >= 4 is 6.29 Å². The molecule has 0 aromatic heterocycles. The number of aliphatic hydroxyl groups is 1. The van der Waals surface area contributed by atoms with Gasteiger partial charge < -0.3 is 9.84 Å². The minimum absolute atomic E-state index is 0.611. The molecule has 3 nitrogen and oxygen atoms in total. The van der Waals surface area contributed by atoms with E-state index in [2.05, 4.69) is 4.74 Å². The van der Waals surface area contributed by atoms with E-state index in [1.54, 1.807) is 6.08 Å². The molecule has 1 unspecified atom stereocenters. The number of aldehydes is 1. The number of hydrogen-bond donors (Lipinski definition) is 1. The normalized spacial score (nSPS) is 13.6. The number of methoxy groups -OCH3 is 1. The van der Waals surface area contributed by atoms with Crippen LogP contribution >= 0.6 is 0 Å². The Balaban J connectivity index is 3.13. The van der Waals surface area contributed by atoms with Crippen LogP contribution in [-0.4, -0.2) is 24.8 Å². The Bertz CT molecular complexity index is 121. The van der Waals surface area contributed by atoms with Crippen molar-refractivity contribution in [3.8, 4) is 0 Å². The van der Waals surface area contributed by atoms with Gasteiger partial charge in [0.2, 0.25) is 0 Å². The quantitative estimate of drug-likeness (QED) is 0.270. The van der Waals surface area contributed by atoms with Crippen LogP contribution in [0.2, 0.25) is 0 Å². The molecular weight excluding hydrogens is 144 g/mol. The third kappa shape index (κ3) is 7.22. The topological polar surface area (TPSA) is 46.5 Å². The number of carbonyl (C=O) groups excluding carboxylic acids is 1. The summed E-state index contributed by atoms with van der Waals surface area (Å²) in [6.07, 6.45) is 5.55. The largest absolute Gasteiger partial charge is 0.368 e. The summed E-state index contributed by atoms with van der Waals surface area (Å²) in [6.45, 7) is 0. The maximum absolute atomic E-state index is 9.80. The fraction of sp³-hybridized carbons (Fsp3) is 0.625. The van der Waals surface area contributed by atoms with Crippen LogP contribution < -0.4 is 0 Å². The van der Waals surface area contributed by atoms with Crippen LogP contribution in [0.1, 0.15) is 19.3 Å². The maximum Gasteiger partial charge on any atom is 0.154 e. The lowest BCUT2D eigenvalue weighted by Crippen LogP contribution is -2.07. The van der Waals surface area contributed by atoms with Gasteiger partial charge in [-0.15, -0.1) is 0 Å². The molecule has 0 amide bonds. The molecule has 64 valence electrons. The number of carbonyl (C=O) groups is 1. The lowest BCUT2D eigenvalue weighted by atomic mass is 10.2. The van der Waals surface area contributed by atoms with Crippen LogP contribution in [0.3, 0.4) is 0 Å². The molecule has 0 aliphatic heterocycles. The minimum atomic E-state index is -0.667. The Morgan fingerprint density at radius 3 is 2.91 bits per heavy atom. The Morgan fingerprint density at radius 2 is 2.36 bits per heavy atom. The molecule has 0 radical (unpaired) electrons. The highest BCUT2D eigenvalue weighted by Gasteiger charge is 1.97. The van der Waals surface area contributed by atoms with Crippen LogP contribution in [0.5, 0.6) is 0 Å².